The number of piperazine rings is 1. The summed E-state index contributed by atoms with van der Waals surface area (Å²) in [5, 5.41) is 15.6. The zero-order valence-corrected chi connectivity index (χ0v) is 27.2. The van der Waals surface area contributed by atoms with Gasteiger partial charge in [-0.3, -0.25) is 10.2 Å². The molecule has 0 aliphatic carbocycles. The summed E-state index contributed by atoms with van der Waals surface area (Å²) in [5.74, 6) is 0.762. The largest absolute Gasteiger partial charge is 0.465 e. The summed E-state index contributed by atoms with van der Waals surface area (Å²) >= 11 is 0.835. The van der Waals surface area contributed by atoms with Crippen molar-refractivity contribution in [3.05, 3.63) is 59.5 Å². The lowest BCUT2D eigenvalue weighted by atomic mass is 9.97. The molecule has 4 aromatic rings. The molecule has 2 aromatic heterocycles. The van der Waals surface area contributed by atoms with Gasteiger partial charge in [0.15, 0.2) is 9.34 Å². The molecule has 234 valence electrons. The van der Waals surface area contributed by atoms with E-state index in [1.807, 2.05) is 12.1 Å². The fraction of sp³-hybridized carbons (Fsp3) is 0.400. The molecule has 5 rings (SSSR count). The first-order valence-corrected chi connectivity index (χ1v) is 16.6. The smallest absolute Gasteiger partial charge is 0.410 e. The normalized spacial score (nSPS) is 15.5. The van der Waals surface area contributed by atoms with E-state index in [2.05, 4.69) is 87.6 Å². The minimum atomic E-state index is -3.78. The number of carboxylic acid groups (broad SMARTS) is 1. The van der Waals surface area contributed by atoms with E-state index in [4.69, 9.17) is 5.11 Å². The van der Waals surface area contributed by atoms with Gasteiger partial charge in [0, 0.05) is 56.3 Å². The number of para-hydroxylation sites is 1. The lowest BCUT2D eigenvalue weighted by Gasteiger charge is -2.35. The number of fused-ring (bicyclic) bond motifs is 1. The van der Waals surface area contributed by atoms with Crippen LogP contribution in [-0.2, 0) is 16.6 Å². The first kappa shape index (κ1) is 31.7. The third kappa shape index (κ3) is 7.00. The van der Waals surface area contributed by atoms with E-state index >= 15 is 0 Å². The van der Waals surface area contributed by atoms with Gasteiger partial charge in [-0.05, 0) is 63.7 Å². The number of nitrogens with zero attached hydrogens (tertiary/aromatic N) is 6. The number of benzene rings is 2. The van der Waals surface area contributed by atoms with E-state index in [0.717, 1.165) is 45.7 Å². The van der Waals surface area contributed by atoms with E-state index in [-0.39, 0.29) is 21.1 Å². The molecule has 12 nitrogen and oxygen atoms in total. The summed E-state index contributed by atoms with van der Waals surface area (Å²) in [6.45, 7) is 9.17. The Morgan fingerprint density at radius 3 is 2.57 bits per heavy atom. The summed E-state index contributed by atoms with van der Waals surface area (Å²) in [5.41, 5.74) is 5.88. The second-order valence-corrected chi connectivity index (χ2v) is 14.5. The van der Waals surface area contributed by atoms with Gasteiger partial charge in [0.05, 0.1) is 11.2 Å². The number of amides is 1. The summed E-state index contributed by atoms with van der Waals surface area (Å²) in [6.07, 6.45) is 0.313. The van der Waals surface area contributed by atoms with Crippen LogP contribution in [0.15, 0.2) is 46.9 Å². The number of hydrogen-bond acceptors (Lipinski definition) is 10. The monoisotopic (exact) mass is 638 g/mol. The summed E-state index contributed by atoms with van der Waals surface area (Å²) in [7, 11) is 0.364. The number of aryl methyl sites for hydroxylation is 2. The number of rotatable bonds is 10. The first-order valence-electron chi connectivity index (χ1n) is 14.4. The molecule has 3 heterocycles. The summed E-state index contributed by atoms with van der Waals surface area (Å²) in [6, 6.07) is 12.7. The average molecular weight is 639 g/mol. The van der Waals surface area contributed by atoms with Gasteiger partial charge in [-0.2, -0.15) is 4.31 Å². The van der Waals surface area contributed by atoms with Crippen molar-refractivity contribution in [3.63, 3.8) is 0 Å². The van der Waals surface area contributed by atoms with Crippen LogP contribution in [0.25, 0.3) is 22.0 Å². The zero-order chi connectivity index (χ0) is 31.6. The van der Waals surface area contributed by atoms with Crippen molar-refractivity contribution >= 4 is 49.3 Å². The van der Waals surface area contributed by atoms with Crippen LogP contribution >= 0.6 is 11.3 Å². The predicted octanol–water partition coefficient (Wildman–Crippen LogP) is 4.33. The molecule has 1 unspecified atom stereocenters. The predicted molar refractivity (Wildman–Crippen MR) is 174 cm³/mol. The number of hydrogen-bond donors (Lipinski definition) is 3. The van der Waals surface area contributed by atoms with Crippen LogP contribution < -0.4 is 10.6 Å². The van der Waals surface area contributed by atoms with Crippen LogP contribution in [0.5, 0.6) is 0 Å². The number of aromatic nitrogens is 3. The maximum absolute atomic E-state index is 13.3. The lowest BCUT2D eigenvalue weighted by Crippen LogP contribution is -2.50. The average Bonchev–Trinajstić information content (AvgIpc) is 3.34. The van der Waals surface area contributed by atoms with Crippen LogP contribution in [0.2, 0.25) is 0 Å². The minimum Gasteiger partial charge on any atom is -0.465 e. The maximum atomic E-state index is 13.3. The highest BCUT2D eigenvalue weighted by atomic mass is 32.2. The van der Waals surface area contributed by atoms with Crippen LogP contribution in [0.1, 0.15) is 23.7 Å². The number of nitrogens with one attached hydrogen (secondary N) is 2. The SMILES string of the molecule is Cc1ccc(-c2cccc3c(NC(C)CN4CCN(S(=O)(=O)c5sc(NC(=O)O)nc5C)CC4)ncnc23)cc1CN(C)C. The van der Waals surface area contributed by atoms with E-state index in [1.54, 1.807) is 13.3 Å². The zero-order valence-electron chi connectivity index (χ0n) is 25.5. The van der Waals surface area contributed by atoms with Gasteiger partial charge in [0.2, 0.25) is 0 Å². The number of thiazole rings is 1. The van der Waals surface area contributed by atoms with Crippen LogP contribution in [-0.4, -0.2) is 102 Å². The topological polar surface area (TPSA) is 144 Å². The van der Waals surface area contributed by atoms with Gasteiger partial charge in [-0.1, -0.05) is 35.6 Å². The maximum Gasteiger partial charge on any atom is 0.410 e. The highest BCUT2D eigenvalue weighted by Crippen LogP contribution is 2.32. The molecule has 0 radical (unpaired) electrons. The molecule has 0 spiro atoms. The van der Waals surface area contributed by atoms with Crippen molar-refractivity contribution in [3.8, 4) is 11.1 Å². The Kier molecular flexibility index (Phi) is 9.46. The molecule has 1 fully saturated rings. The molecular weight excluding hydrogens is 601 g/mol. The number of sulfonamides is 1. The van der Waals surface area contributed by atoms with Crippen LogP contribution in [0.4, 0.5) is 15.7 Å². The van der Waals surface area contributed by atoms with E-state index in [9.17, 15) is 13.2 Å². The van der Waals surface area contributed by atoms with Gasteiger partial charge in [-0.15, -0.1) is 0 Å². The molecule has 44 heavy (non-hydrogen) atoms. The van der Waals surface area contributed by atoms with Crippen molar-refractivity contribution in [2.24, 2.45) is 0 Å². The Hall–Kier alpha value is -3.69. The Morgan fingerprint density at radius 2 is 1.86 bits per heavy atom. The molecule has 0 saturated carbocycles. The molecule has 1 atom stereocenters. The van der Waals surface area contributed by atoms with Gasteiger partial charge >= 0.3 is 6.09 Å². The van der Waals surface area contributed by atoms with Crippen LogP contribution in [0.3, 0.4) is 0 Å². The highest BCUT2D eigenvalue weighted by molar-refractivity contribution is 7.91. The van der Waals surface area contributed by atoms with Gasteiger partial charge < -0.3 is 15.3 Å². The highest BCUT2D eigenvalue weighted by Gasteiger charge is 2.32. The molecule has 1 aliphatic rings. The minimum absolute atomic E-state index is 0.0411. The Balaban J connectivity index is 1.25. The first-order chi connectivity index (χ1) is 20.9. The third-order valence-electron chi connectivity index (χ3n) is 7.60. The number of carbonyl (C=O) groups is 1. The van der Waals surface area contributed by atoms with Gasteiger partial charge in [0.25, 0.3) is 10.0 Å². The number of anilines is 2. The van der Waals surface area contributed by atoms with E-state index in [1.165, 1.54) is 15.4 Å². The Labute approximate surface area is 261 Å². The van der Waals surface area contributed by atoms with Gasteiger partial charge in [0.1, 0.15) is 12.1 Å². The third-order valence-corrected chi connectivity index (χ3v) is 11.2. The van der Waals surface area contributed by atoms with Crippen molar-refractivity contribution in [1.82, 2.24) is 29.1 Å². The second-order valence-electron chi connectivity index (χ2n) is 11.4. The fourth-order valence-electron chi connectivity index (χ4n) is 5.49. The van der Waals surface area contributed by atoms with Gasteiger partial charge in [-0.25, -0.2) is 28.2 Å². The molecule has 2 aromatic carbocycles. The van der Waals surface area contributed by atoms with Crippen LogP contribution in [0, 0.1) is 13.8 Å². The fourth-order valence-corrected chi connectivity index (χ4v) is 8.45. The van der Waals surface area contributed by atoms with Crippen molar-refractivity contribution in [1.29, 1.82) is 0 Å². The quantitative estimate of drug-likeness (QED) is 0.230. The van der Waals surface area contributed by atoms with Crippen molar-refractivity contribution in [2.45, 2.75) is 37.6 Å². The van der Waals surface area contributed by atoms with E-state index in [0.29, 0.717) is 32.7 Å². The molecule has 1 amide bonds. The molecule has 3 N–H and O–H groups in total. The Morgan fingerprint density at radius 1 is 1.11 bits per heavy atom. The molecule has 0 bridgehead atoms. The second kappa shape index (κ2) is 13.1. The molecular formula is C30H38N8O4S2. The lowest BCUT2D eigenvalue weighted by molar-refractivity contribution is 0.184. The molecule has 1 aliphatic heterocycles. The van der Waals surface area contributed by atoms with E-state index < -0.39 is 16.1 Å². The molecule has 14 heteroatoms. The van der Waals surface area contributed by atoms with Crippen molar-refractivity contribution < 1.29 is 18.3 Å². The standard InChI is InChI=1S/C30H38N8O4S2/c1-19-9-10-22(15-23(19)17-36(4)5)24-7-6-8-25-26(24)31-18-32-27(25)33-20(2)16-37-11-13-38(14-12-37)44(41,42)28-21(3)34-29(43-28)35-30(39)40/h6-10,15,18,20H,11-14,16-17H2,1-5H3,(H,34,35)(H,39,40)(H,31,32,33). The summed E-state index contributed by atoms with van der Waals surface area (Å²) in [4.78, 5) is 28.6. The van der Waals surface area contributed by atoms with Crippen molar-refractivity contribution in [2.75, 3.05) is 57.5 Å². The Bertz CT molecular complexity index is 1770. The molecule has 1 saturated heterocycles. The summed E-state index contributed by atoms with van der Waals surface area (Å²) < 4.78 is 28.1.